The Kier molecular flexibility index (Phi) is 3.43. The minimum Gasteiger partial charge on any atom is -0.508 e. The lowest BCUT2D eigenvalue weighted by Gasteiger charge is -2.13. The van der Waals surface area contributed by atoms with Gasteiger partial charge in [-0.3, -0.25) is 0 Å². The van der Waals surface area contributed by atoms with Gasteiger partial charge in [-0.05, 0) is 55.7 Å². The van der Waals surface area contributed by atoms with Gasteiger partial charge in [0.05, 0.1) is 0 Å². The van der Waals surface area contributed by atoms with Gasteiger partial charge in [0.25, 0.3) is 0 Å². The van der Waals surface area contributed by atoms with Crippen LogP contribution in [0.2, 0.25) is 0 Å². The first-order valence-corrected chi connectivity index (χ1v) is 6.44. The van der Waals surface area contributed by atoms with Gasteiger partial charge in [-0.15, -0.1) is 0 Å². The average molecular weight is 244 g/mol. The lowest BCUT2D eigenvalue weighted by atomic mass is 10.1. The molecule has 0 aliphatic heterocycles. The third-order valence-corrected chi connectivity index (χ3v) is 4.30. The Balaban J connectivity index is 2.43. The van der Waals surface area contributed by atoms with E-state index in [9.17, 15) is 5.11 Å². The summed E-state index contributed by atoms with van der Waals surface area (Å²) in [6.07, 6.45) is 0. The molecule has 88 valence electrons. The lowest BCUT2D eigenvalue weighted by molar-refractivity contribution is 0.469. The number of rotatable bonds is 2. The van der Waals surface area contributed by atoms with E-state index in [1.807, 2.05) is 38.1 Å². The van der Waals surface area contributed by atoms with E-state index in [2.05, 4.69) is 19.1 Å². The molecule has 0 amide bonds. The van der Waals surface area contributed by atoms with Crippen LogP contribution in [0.25, 0.3) is 0 Å². The minimum absolute atomic E-state index is 0.386. The van der Waals surface area contributed by atoms with Gasteiger partial charge in [0.15, 0.2) is 0 Å². The number of benzene rings is 2. The fraction of sp³-hybridized carbons (Fsp3) is 0.200. The number of hydrogen-bond acceptors (Lipinski definition) is 2. The molecule has 0 aromatic heterocycles. The molecule has 0 aliphatic rings. The van der Waals surface area contributed by atoms with Crippen molar-refractivity contribution in [2.24, 2.45) is 0 Å². The van der Waals surface area contributed by atoms with Gasteiger partial charge in [-0.1, -0.05) is 30.0 Å². The summed E-state index contributed by atoms with van der Waals surface area (Å²) in [5.41, 5.74) is 3.25. The molecule has 0 heterocycles. The van der Waals surface area contributed by atoms with Crippen molar-refractivity contribution in [3.8, 4) is 5.75 Å². The van der Waals surface area contributed by atoms with Crippen molar-refractivity contribution in [3.05, 3.63) is 53.1 Å². The van der Waals surface area contributed by atoms with Gasteiger partial charge in [-0.2, -0.15) is 0 Å². The van der Waals surface area contributed by atoms with E-state index in [0.29, 0.717) is 5.75 Å². The summed E-state index contributed by atoms with van der Waals surface area (Å²) in [4.78, 5) is 2.47. The second-order valence-corrected chi connectivity index (χ2v) is 5.29. The van der Waals surface area contributed by atoms with Crippen LogP contribution in [0.5, 0.6) is 5.75 Å². The van der Waals surface area contributed by atoms with Crippen LogP contribution in [0, 0.1) is 20.8 Å². The maximum Gasteiger partial charge on any atom is 0.119 e. The molecule has 0 saturated carbocycles. The van der Waals surface area contributed by atoms with E-state index in [4.69, 9.17) is 0 Å². The molecule has 1 N–H and O–H groups in total. The van der Waals surface area contributed by atoms with Crippen molar-refractivity contribution < 1.29 is 5.11 Å². The van der Waals surface area contributed by atoms with Gasteiger partial charge in [0.2, 0.25) is 0 Å². The molecule has 0 fully saturated rings. The Morgan fingerprint density at radius 1 is 0.941 bits per heavy atom. The summed E-state index contributed by atoms with van der Waals surface area (Å²) in [6.45, 7) is 6.06. The molecule has 0 bridgehead atoms. The Bertz CT molecular complexity index is 532. The molecular formula is C15H16OS. The molecule has 1 nitrogen and oxygen atoms in total. The van der Waals surface area contributed by atoms with Gasteiger partial charge in [0.1, 0.15) is 5.75 Å². The molecule has 2 heteroatoms. The molecule has 17 heavy (non-hydrogen) atoms. The number of phenolic OH excluding ortho intramolecular Hbond substituents is 1. The highest BCUT2D eigenvalue weighted by atomic mass is 32.2. The van der Waals surface area contributed by atoms with E-state index < -0.39 is 0 Å². The molecule has 0 atom stereocenters. The first-order valence-electron chi connectivity index (χ1n) is 5.62. The van der Waals surface area contributed by atoms with E-state index in [1.165, 1.54) is 9.79 Å². The minimum atomic E-state index is 0.386. The van der Waals surface area contributed by atoms with E-state index in [-0.39, 0.29) is 0 Å². The quantitative estimate of drug-likeness (QED) is 0.841. The zero-order valence-corrected chi connectivity index (χ0v) is 11.1. The van der Waals surface area contributed by atoms with E-state index in [0.717, 1.165) is 16.7 Å². The zero-order chi connectivity index (χ0) is 12.4. The van der Waals surface area contributed by atoms with Crippen molar-refractivity contribution >= 4 is 11.8 Å². The molecule has 2 rings (SSSR count). The Morgan fingerprint density at radius 3 is 2.24 bits per heavy atom. The largest absolute Gasteiger partial charge is 0.508 e. The van der Waals surface area contributed by atoms with Gasteiger partial charge < -0.3 is 5.11 Å². The maximum absolute atomic E-state index is 9.76. The number of phenols is 1. The molecule has 0 aliphatic carbocycles. The van der Waals surface area contributed by atoms with Crippen LogP contribution in [-0.2, 0) is 0 Å². The molecule has 2 aromatic carbocycles. The normalized spacial score (nSPS) is 10.5. The second-order valence-electron chi connectivity index (χ2n) is 4.21. The molecule has 0 spiro atoms. The zero-order valence-electron chi connectivity index (χ0n) is 10.3. The van der Waals surface area contributed by atoms with Crippen LogP contribution in [0.4, 0.5) is 0 Å². The SMILES string of the molecule is Cc1cc(O)c(C)c(C)c1Sc1ccccc1. The van der Waals surface area contributed by atoms with Crippen LogP contribution in [0.1, 0.15) is 16.7 Å². The number of aryl methyl sites for hydroxylation is 1. The first kappa shape index (κ1) is 12.1. The van der Waals surface area contributed by atoms with Crippen molar-refractivity contribution in [2.75, 3.05) is 0 Å². The summed E-state index contributed by atoms with van der Waals surface area (Å²) < 4.78 is 0. The van der Waals surface area contributed by atoms with Gasteiger partial charge in [-0.25, -0.2) is 0 Å². The lowest BCUT2D eigenvalue weighted by Crippen LogP contribution is -1.90. The van der Waals surface area contributed by atoms with Gasteiger partial charge in [0, 0.05) is 9.79 Å². The fourth-order valence-corrected chi connectivity index (χ4v) is 2.86. The molecule has 0 saturated heterocycles. The van der Waals surface area contributed by atoms with Crippen molar-refractivity contribution in [3.63, 3.8) is 0 Å². The smallest absolute Gasteiger partial charge is 0.119 e. The van der Waals surface area contributed by atoms with E-state index >= 15 is 0 Å². The monoisotopic (exact) mass is 244 g/mol. The fourth-order valence-electron chi connectivity index (χ4n) is 1.80. The third kappa shape index (κ3) is 2.47. The standard InChI is InChI=1S/C15H16OS/c1-10-9-14(16)11(2)12(3)15(10)17-13-7-5-4-6-8-13/h4-9,16H,1-3H3. The topological polar surface area (TPSA) is 20.2 Å². The highest BCUT2D eigenvalue weighted by Crippen LogP contribution is 2.37. The van der Waals surface area contributed by atoms with E-state index in [1.54, 1.807) is 11.8 Å². The molecule has 0 radical (unpaired) electrons. The third-order valence-electron chi connectivity index (χ3n) is 2.96. The predicted octanol–water partition coefficient (Wildman–Crippen LogP) is 4.47. The maximum atomic E-state index is 9.76. The highest BCUT2D eigenvalue weighted by molar-refractivity contribution is 7.99. The Labute approximate surface area is 107 Å². The summed E-state index contributed by atoms with van der Waals surface area (Å²) >= 11 is 1.75. The van der Waals surface area contributed by atoms with Crippen LogP contribution in [-0.4, -0.2) is 5.11 Å². The van der Waals surface area contributed by atoms with Crippen molar-refractivity contribution in [2.45, 2.75) is 30.6 Å². The predicted molar refractivity (Wildman–Crippen MR) is 72.9 cm³/mol. The average Bonchev–Trinajstić information content (AvgIpc) is 2.33. The van der Waals surface area contributed by atoms with Gasteiger partial charge >= 0.3 is 0 Å². The first-order chi connectivity index (χ1) is 8.09. The number of hydrogen-bond donors (Lipinski definition) is 1. The molecule has 2 aromatic rings. The second kappa shape index (κ2) is 4.84. The summed E-state index contributed by atoms with van der Waals surface area (Å²) in [5.74, 6) is 0.386. The van der Waals surface area contributed by atoms with Crippen molar-refractivity contribution in [1.29, 1.82) is 0 Å². The van der Waals surface area contributed by atoms with Crippen LogP contribution in [0.15, 0.2) is 46.2 Å². The van der Waals surface area contributed by atoms with Crippen LogP contribution in [0.3, 0.4) is 0 Å². The summed E-state index contributed by atoms with van der Waals surface area (Å²) in [6, 6.07) is 12.2. The van der Waals surface area contributed by atoms with Crippen molar-refractivity contribution in [1.82, 2.24) is 0 Å². The number of aromatic hydroxyl groups is 1. The van der Waals surface area contributed by atoms with Crippen LogP contribution >= 0.6 is 11.8 Å². The summed E-state index contributed by atoms with van der Waals surface area (Å²) in [7, 11) is 0. The van der Waals surface area contributed by atoms with Crippen LogP contribution < -0.4 is 0 Å². The Hall–Kier alpha value is -1.41. The summed E-state index contributed by atoms with van der Waals surface area (Å²) in [5, 5.41) is 9.76. The Morgan fingerprint density at radius 2 is 1.59 bits per heavy atom. The highest BCUT2D eigenvalue weighted by Gasteiger charge is 2.10. The molecular weight excluding hydrogens is 228 g/mol. The molecule has 0 unspecified atom stereocenters.